The Morgan fingerprint density at radius 2 is 1.95 bits per heavy atom. The van der Waals surface area contributed by atoms with Crippen molar-refractivity contribution in [3.8, 4) is 5.75 Å². The van der Waals surface area contributed by atoms with Gasteiger partial charge in [-0.05, 0) is 58.4 Å². The van der Waals surface area contributed by atoms with Crippen molar-refractivity contribution in [2.24, 2.45) is 0 Å². The van der Waals surface area contributed by atoms with E-state index in [0.29, 0.717) is 0 Å². The summed E-state index contributed by atoms with van der Waals surface area (Å²) < 4.78 is 19.9. The Bertz CT molecular complexity index is 606. The van der Waals surface area contributed by atoms with Crippen molar-refractivity contribution < 1.29 is 9.13 Å². The molecule has 0 fully saturated rings. The highest BCUT2D eigenvalue weighted by Crippen LogP contribution is 2.27. The highest BCUT2D eigenvalue weighted by Gasteiger charge is 2.05. The normalized spacial score (nSPS) is 10.6. The minimum absolute atomic E-state index is 0.117. The maximum Gasteiger partial charge on any atom is 0.142 e. The van der Waals surface area contributed by atoms with Gasteiger partial charge in [-0.15, -0.1) is 0 Å². The molecule has 5 heteroatoms. The van der Waals surface area contributed by atoms with Crippen molar-refractivity contribution in [2.75, 3.05) is 7.05 Å². The fourth-order valence-corrected chi connectivity index (χ4v) is 2.42. The summed E-state index contributed by atoms with van der Waals surface area (Å²) in [6.45, 7) is 1.08. The molecule has 0 unspecified atom stereocenters. The topological polar surface area (TPSA) is 21.3 Å². The van der Waals surface area contributed by atoms with Gasteiger partial charge < -0.3 is 10.1 Å². The van der Waals surface area contributed by atoms with Crippen LogP contribution in [-0.4, -0.2) is 7.05 Å². The van der Waals surface area contributed by atoms with Crippen LogP contribution in [0.2, 0.25) is 5.02 Å². The Balaban J connectivity index is 2.05. The van der Waals surface area contributed by atoms with Crippen LogP contribution in [0.5, 0.6) is 5.75 Å². The molecule has 2 aromatic rings. The van der Waals surface area contributed by atoms with Crippen LogP contribution < -0.4 is 10.1 Å². The lowest BCUT2D eigenvalue weighted by Gasteiger charge is -2.10. The standard InChI is InChI=1S/C15H14BrClFNO/c1-19-8-10-3-5-15(12(16)6-10)20-9-11-2-4-13(17)14(18)7-11/h2-7,19H,8-9H2,1H3. The van der Waals surface area contributed by atoms with Crippen LogP contribution in [0.15, 0.2) is 40.9 Å². The molecule has 0 saturated carbocycles. The molecule has 0 radical (unpaired) electrons. The monoisotopic (exact) mass is 357 g/mol. The maximum absolute atomic E-state index is 13.3. The third kappa shape index (κ3) is 3.95. The number of ether oxygens (including phenoxy) is 1. The van der Waals surface area contributed by atoms with Crippen LogP contribution in [0.3, 0.4) is 0 Å². The Kier molecular flexibility index (Phi) is 5.40. The number of halogens is 3. The second kappa shape index (κ2) is 7.07. The molecule has 0 heterocycles. The number of hydrogen-bond donors (Lipinski definition) is 1. The van der Waals surface area contributed by atoms with Gasteiger partial charge >= 0.3 is 0 Å². The second-order valence-electron chi connectivity index (χ2n) is 4.33. The van der Waals surface area contributed by atoms with E-state index in [0.717, 1.165) is 27.9 Å². The smallest absolute Gasteiger partial charge is 0.142 e. The number of benzene rings is 2. The van der Waals surface area contributed by atoms with Gasteiger partial charge in [0.25, 0.3) is 0 Å². The molecule has 20 heavy (non-hydrogen) atoms. The third-order valence-corrected chi connectivity index (χ3v) is 3.68. The van der Waals surface area contributed by atoms with E-state index in [1.807, 2.05) is 25.2 Å². The average molecular weight is 359 g/mol. The zero-order valence-corrected chi connectivity index (χ0v) is 13.3. The van der Waals surface area contributed by atoms with Gasteiger partial charge in [0.15, 0.2) is 0 Å². The van der Waals surface area contributed by atoms with Crippen molar-refractivity contribution in [3.05, 3.63) is 62.8 Å². The molecule has 2 rings (SSSR count). The Labute approximate surface area is 131 Å². The van der Waals surface area contributed by atoms with E-state index in [1.54, 1.807) is 6.07 Å². The summed E-state index contributed by atoms with van der Waals surface area (Å²) in [6, 6.07) is 10.5. The Morgan fingerprint density at radius 3 is 2.60 bits per heavy atom. The lowest BCUT2D eigenvalue weighted by Crippen LogP contribution is -2.05. The van der Waals surface area contributed by atoms with E-state index in [9.17, 15) is 4.39 Å². The number of rotatable bonds is 5. The van der Waals surface area contributed by atoms with Crippen LogP contribution in [0.25, 0.3) is 0 Å². The lowest BCUT2D eigenvalue weighted by atomic mass is 10.2. The molecule has 0 aliphatic heterocycles. The van der Waals surface area contributed by atoms with E-state index < -0.39 is 5.82 Å². The molecule has 2 nitrogen and oxygen atoms in total. The fourth-order valence-electron chi connectivity index (χ4n) is 1.77. The van der Waals surface area contributed by atoms with Gasteiger partial charge in [-0.25, -0.2) is 4.39 Å². The van der Waals surface area contributed by atoms with Gasteiger partial charge in [-0.3, -0.25) is 0 Å². The maximum atomic E-state index is 13.3. The van der Waals surface area contributed by atoms with Crippen molar-refractivity contribution in [1.29, 1.82) is 0 Å². The minimum Gasteiger partial charge on any atom is -0.488 e. The third-order valence-electron chi connectivity index (χ3n) is 2.76. The molecule has 106 valence electrons. The SMILES string of the molecule is CNCc1ccc(OCc2ccc(Cl)c(F)c2)c(Br)c1. The first-order chi connectivity index (χ1) is 9.60. The molecular formula is C15H14BrClFNO. The van der Waals surface area contributed by atoms with E-state index >= 15 is 0 Å². The van der Waals surface area contributed by atoms with Crippen LogP contribution in [-0.2, 0) is 13.2 Å². The van der Waals surface area contributed by atoms with Crippen LogP contribution in [0.4, 0.5) is 4.39 Å². The molecule has 1 N–H and O–H groups in total. The summed E-state index contributed by atoms with van der Waals surface area (Å²) in [5.74, 6) is 0.288. The fraction of sp³-hybridized carbons (Fsp3) is 0.200. The Hall–Kier alpha value is -1.10. The zero-order valence-electron chi connectivity index (χ0n) is 10.9. The highest BCUT2D eigenvalue weighted by atomic mass is 79.9. The van der Waals surface area contributed by atoms with Crippen molar-refractivity contribution in [1.82, 2.24) is 5.32 Å². The quantitative estimate of drug-likeness (QED) is 0.847. The van der Waals surface area contributed by atoms with E-state index in [1.165, 1.54) is 12.1 Å². The predicted octanol–water partition coefficient (Wildman–Crippen LogP) is 4.54. The van der Waals surface area contributed by atoms with Gasteiger partial charge in [-0.2, -0.15) is 0 Å². The Morgan fingerprint density at radius 1 is 1.20 bits per heavy atom. The summed E-state index contributed by atoms with van der Waals surface area (Å²) in [5, 5.41) is 3.20. The van der Waals surface area contributed by atoms with Crippen molar-refractivity contribution in [2.45, 2.75) is 13.2 Å². The highest BCUT2D eigenvalue weighted by molar-refractivity contribution is 9.10. The first kappa shape index (κ1) is 15.3. The molecule has 0 aromatic heterocycles. The minimum atomic E-state index is -0.434. The summed E-state index contributed by atoms with van der Waals surface area (Å²) >= 11 is 9.11. The zero-order chi connectivity index (χ0) is 14.5. The molecule has 0 amide bonds. The van der Waals surface area contributed by atoms with Crippen LogP contribution in [0.1, 0.15) is 11.1 Å². The molecule has 0 spiro atoms. The molecule has 0 aliphatic rings. The predicted molar refractivity (Wildman–Crippen MR) is 82.6 cm³/mol. The lowest BCUT2D eigenvalue weighted by molar-refractivity contribution is 0.303. The average Bonchev–Trinajstić information content (AvgIpc) is 2.42. The number of nitrogens with one attached hydrogen (secondary N) is 1. The summed E-state index contributed by atoms with van der Waals surface area (Å²) in [7, 11) is 1.90. The summed E-state index contributed by atoms with van der Waals surface area (Å²) in [5.41, 5.74) is 1.89. The van der Waals surface area contributed by atoms with Crippen molar-refractivity contribution in [3.63, 3.8) is 0 Å². The largest absolute Gasteiger partial charge is 0.488 e. The number of hydrogen-bond acceptors (Lipinski definition) is 2. The molecule has 0 atom stereocenters. The van der Waals surface area contributed by atoms with Crippen LogP contribution in [0, 0.1) is 5.82 Å². The molecule has 0 saturated heterocycles. The van der Waals surface area contributed by atoms with Gasteiger partial charge in [0, 0.05) is 6.54 Å². The van der Waals surface area contributed by atoms with E-state index in [-0.39, 0.29) is 11.6 Å². The van der Waals surface area contributed by atoms with Gasteiger partial charge in [0.1, 0.15) is 18.2 Å². The van der Waals surface area contributed by atoms with Crippen molar-refractivity contribution >= 4 is 27.5 Å². The molecule has 0 bridgehead atoms. The second-order valence-corrected chi connectivity index (χ2v) is 5.59. The van der Waals surface area contributed by atoms with E-state index in [4.69, 9.17) is 16.3 Å². The van der Waals surface area contributed by atoms with Gasteiger partial charge in [0.2, 0.25) is 0 Å². The van der Waals surface area contributed by atoms with Gasteiger partial charge in [-0.1, -0.05) is 23.7 Å². The van der Waals surface area contributed by atoms with Crippen LogP contribution >= 0.6 is 27.5 Å². The van der Waals surface area contributed by atoms with Gasteiger partial charge in [0.05, 0.1) is 9.50 Å². The van der Waals surface area contributed by atoms with E-state index in [2.05, 4.69) is 21.2 Å². The first-order valence-corrected chi connectivity index (χ1v) is 7.27. The molecular weight excluding hydrogens is 345 g/mol. The molecule has 0 aliphatic carbocycles. The molecule has 2 aromatic carbocycles. The summed E-state index contributed by atoms with van der Waals surface area (Å²) in [4.78, 5) is 0. The first-order valence-electron chi connectivity index (χ1n) is 6.10. The summed E-state index contributed by atoms with van der Waals surface area (Å²) in [6.07, 6.45) is 0.